The number of rotatable bonds is 7. The molecular formula is C24H21O4P. The molecule has 0 fully saturated rings. The van der Waals surface area contributed by atoms with Crippen LogP contribution in [0.1, 0.15) is 0 Å². The van der Waals surface area contributed by atoms with E-state index in [4.69, 9.17) is 14.0 Å². The van der Waals surface area contributed by atoms with Crippen LogP contribution in [0.4, 0.5) is 0 Å². The lowest BCUT2D eigenvalue weighted by Gasteiger charge is -2.30. The predicted molar refractivity (Wildman–Crippen MR) is 117 cm³/mol. The van der Waals surface area contributed by atoms with Gasteiger partial charge >= 0.3 is 7.37 Å². The summed E-state index contributed by atoms with van der Waals surface area (Å²) < 4.78 is 32.1. The maximum Gasteiger partial charge on any atom is 0.311 e. The average molecular weight is 404 g/mol. The summed E-state index contributed by atoms with van der Waals surface area (Å²) in [5, 5.41) is 1.10. The molecule has 1 atom stereocenters. The van der Waals surface area contributed by atoms with Gasteiger partial charge in [0.25, 0.3) is 0 Å². The summed E-state index contributed by atoms with van der Waals surface area (Å²) in [6.07, 6.45) is 3.30. The second-order valence-electron chi connectivity index (χ2n) is 6.48. The summed E-state index contributed by atoms with van der Waals surface area (Å²) >= 11 is 0. The molecule has 4 rings (SSSR count). The van der Waals surface area contributed by atoms with Crippen LogP contribution in [0.15, 0.2) is 92.0 Å². The van der Waals surface area contributed by atoms with Gasteiger partial charge in [0, 0.05) is 5.56 Å². The van der Waals surface area contributed by atoms with Gasteiger partial charge in [-0.15, -0.1) is 0 Å². The molecule has 1 aliphatic heterocycles. The standard InChI is InChI=1S/C24H21O4P/c1-3-15-26-18-13-14-22(27-16-4-2)24(17-18)29(25)23-12-8-6-10-20(23)19-9-5-7-11-21(19)28-29/h3-14,17H,1-2,15-16H2. The Kier molecular flexibility index (Phi) is 5.28. The monoisotopic (exact) mass is 404 g/mol. The van der Waals surface area contributed by atoms with Gasteiger partial charge in [-0.3, -0.25) is 4.57 Å². The van der Waals surface area contributed by atoms with E-state index in [2.05, 4.69) is 13.2 Å². The van der Waals surface area contributed by atoms with E-state index in [1.165, 1.54) is 0 Å². The minimum Gasteiger partial charge on any atom is -0.490 e. The molecule has 0 saturated carbocycles. The largest absolute Gasteiger partial charge is 0.490 e. The molecule has 29 heavy (non-hydrogen) atoms. The maximum atomic E-state index is 14.4. The lowest BCUT2D eigenvalue weighted by Crippen LogP contribution is -2.26. The van der Waals surface area contributed by atoms with E-state index in [1.807, 2.05) is 48.5 Å². The van der Waals surface area contributed by atoms with Crippen molar-refractivity contribution in [3.8, 4) is 28.4 Å². The molecule has 1 unspecified atom stereocenters. The predicted octanol–water partition coefficient (Wildman–Crippen LogP) is 5.10. The van der Waals surface area contributed by atoms with Gasteiger partial charge in [-0.2, -0.15) is 0 Å². The topological polar surface area (TPSA) is 44.8 Å². The maximum absolute atomic E-state index is 14.4. The smallest absolute Gasteiger partial charge is 0.311 e. The Morgan fingerprint density at radius 2 is 1.52 bits per heavy atom. The summed E-state index contributed by atoms with van der Waals surface area (Å²) in [7, 11) is -3.49. The van der Waals surface area contributed by atoms with E-state index in [0.717, 1.165) is 11.1 Å². The van der Waals surface area contributed by atoms with Gasteiger partial charge in [0.15, 0.2) is 0 Å². The van der Waals surface area contributed by atoms with Crippen molar-refractivity contribution in [2.75, 3.05) is 13.2 Å². The third kappa shape index (κ3) is 3.48. The minimum atomic E-state index is -3.49. The van der Waals surface area contributed by atoms with Crippen molar-refractivity contribution in [2.24, 2.45) is 0 Å². The Morgan fingerprint density at radius 3 is 2.31 bits per heavy atom. The minimum absolute atomic E-state index is 0.290. The van der Waals surface area contributed by atoms with Gasteiger partial charge in [0.2, 0.25) is 0 Å². The Morgan fingerprint density at radius 1 is 0.828 bits per heavy atom. The molecular weight excluding hydrogens is 383 g/mol. The van der Waals surface area contributed by atoms with Crippen molar-refractivity contribution in [3.05, 3.63) is 92.0 Å². The van der Waals surface area contributed by atoms with Crippen LogP contribution in [0.5, 0.6) is 17.2 Å². The summed E-state index contributed by atoms with van der Waals surface area (Å²) in [6.45, 7) is 8.01. The van der Waals surface area contributed by atoms with Crippen molar-refractivity contribution in [1.82, 2.24) is 0 Å². The SMILES string of the molecule is C=CCOc1ccc(OCC=C)c(P2(=O)Oc3ccccc3-c3ccccc32)c1. The quantitative estimate of drug-likeness (QED) is 0.406. The zero-order valence-corrected chi connectivity index (χ0v) is 16.8. The van der Waals surface area contributed by atoms with Gasteiger partial charge in [-0.1, -0.05) is 61.7 Å². The van der Waals surface area contributed by atoms with Crippen molar-refractivity contribution >= 4 is 18.0 Å². The van der Waals surface area contributed by atoms with E-state index < -0.39 is 7.37 Å². The van der Waals surface area contributed by atoms with E-state index >= 15 is 0 Å². The first-order valence-corrected chi connectivity index (χ1v) is 10.9. The molecule has 146 valence electrons. The molecule has 5 heteroatoms. The Bertz CT molecular complexity index is 1120. The zero-order chi connectivity index (χ0) is 20.3. The van der Waals surface area contributed by atoms with Crippen molar-refractivity contribution < 1.29 is 18.6 Å². The fourth-order valence-corrected chi connectivity index (χ4v) is 5.75. The molecule has 0 spiro atoms. The van der Waals surface area contributed by atoms with Crippen LogP contribution in [0.3, 0.4) is 0 Å². The molecule has 1 aliphatic rings. The summed E-state index contributed by atoms with van der Waals surface area (Å²) in [6, 6.07) is 20.5. The molecule has 0 N–H and O–H groups in total. The summed E-state index contributed by atoms with van der Waals surface area (Å²) in [4.78, 5) is 0. The normalized spacial score (nSPS) is 16.7. The number of fused-ring (bicyclic) bond motifs is 3. The van der Waals surface area contributed by atoms with Crippen LogP contribution in [0.25, 0.3) is 11.1 Å². The molecule has 0 aliphatic carbocycles. The molecule has 0 amide bonds. The van der Waals surface area contributed by atoms with Crippen molar-refractivity contribution in [3.63, 3.8) is 0 Å². The first kappa shape index (κ1) is 19.1. The van der Waals surface area contributed by atoms with E-state index in [1.54, 1.807) is 30.4 Å². The third-order valence-corrected chi connectivity index (χ3v) is 7.06. The highest BCUT2D eigenvalue weighted by Crippen LogP contribution is 2.55. The van der Waals surface area contributed by atoms with Crippen molar-refractivity contribution in [1.29, 1.82) is 0 Å². The molecule has 4 nitrogen and oxygen atoms in total. The van der Waals surface area contributed by atoms with Crippen LogP contribution < -0.4 is 24.6 Å². The third-order valence-electron chi connectivity index (χ3n) is 4.60. The fraction of sp³-hybridized carbons (Fsp3) is 0.0833. The molecule has 1 heterocycles. The highest BCUT2D eigenvalue weighted by molar-refractivity contribution is 7.75. The molecule has 0 saturated heterocycles. The fourth-order valence-electron chi connectivity index (χ4n) is 3.34. The van der Waals surface area contributed by atoms with Gasteiger partial charge in [0.1, 0.15) is 30.5 Å². The Hall–Kier alpha value is -3.23. The number of ether oxygens (including phenoxy) is 2. The lowest BCUT2D eigenvalue weighted by atomic mass is 10.0. The zero-order valence-electron chi connectivity index (χ0n) is 15.9. The van der Waals surface area contributed by atoms with E-state index in [9.17, 15) is 4.57 Å². The van der Waals surface area contributed by atoms with E-state index in [0.29, 0.717) is 34.5 Å². The summed E-state index contributed by atoms with van der Waals surface area (Å²) in [5.74, 6) is 1.64. The van der Waals surface area contributed by atoms with Gasteiger partial charge in [0.05, 0.1) is 10.6 Å². The van der Waals surface area contributed by atoms with Crippen LogP contribution in [-0.4, -0.2) is 13.2 Å². The average Bonchev–Trinajstić information content (AvgIpc) is 2.76. The molecule has 0 aromatic heterocycles. The van der Waals surface area contributed by atoms with Crippen LogP contribution in [-0.2, 0) is 4.57 Å². The first-order valence-electron chi connectivity index (χ1n) is 9.28. The number of hydrogen-bond acceptors (Lipinski definition) is 4. The molecule has 3 aromatic carbocycles. The number of para-hydroxylation sites is 1. The number of benzene rings is 3. The first-order chi connectivity index (χ1) is 14.2. The van der Waals surface area contributed by atoms with Crippen LogP contribution in [0, 0.1) is 0 Å². The van der Waals surface area contributed by atoms with Gasteiger partial charge in [-0.25, -0.2) is 0 Å². The van der Waals surface area contributed by atoms with Crippen LogP contribution in [0.2, 0.25) is 0 Å². The van der Waals surface area contributed by atoms with Crippen molar-refractivity contribution in [2.45, 2.75) is 0 Å². The Labute approximate surface area is 170 Å². The summed E-state index contributed by atoms with van der Waals surface area (Å²) in [5.41, 5.74) is 1.81. The van der Waals surface area contributed by atoms with Gasteiger partial charge in [-0.05, 0) is 35.9 Å². The highest BCUT2D eigenvalue weighted by Gasteiger charge is 2.40. The molecule has 0 radical (unpaired) electrons. The second kappa shape index (κ2) is 8.02. The molecule has 3 aromatic rings. The van der Waals surface area contributed by atoms with Crippen LogP contribution >= 0.6 is 7.37 Å². The lowest BCUT2D eigenvalue weighted by molar-refractivity contribution is 0.354. The second-order valence-corrected chi connectivity index (χ2v) is 8.73. The number of hydrogen-bond donors (Lipinski definition) is 0. The van der Waals surface area contributed by atoms with Gasteiger partial charge < -0.3 is 14.0 Å². The molecule has 0 bridgehead atoms. The van der Waals surface area contributed by atoms with E-state index in [-0.39, 0.29) is 6.61 Å². The highest BCUT2D eigenvalue weighted by atomic mass is 31.2. The Balaban J connectivity index is 1.92.